The molecule has 3 rings (SSSR count). The number of hydrogen-bond acceptors (Lipinski definition) is 4. The Labute approximate surface area is 147 Å². The molecule has 2 aromatic carbocycles. The van der Waals surface area contributed by atoms with Gasteiger partial charge in [-0.1, -0.05) is 47.5 Å². The van der Waals surface area contributed by atoms with E-state index in [0.717, 1.165) is 5.01 Å². The third-order valence-corrected chi connectivity index (χ3v) is 3.90. The van der Waals surface area contributed by atoms with E-state index in [1.165, 1.54) is 12.1 Å². The predicted molar refractivity (Wildman–Crippen MR) is 90.8 cm³/mol. The molecule has 24 heavy (non-hydrogen) atoms. The third-order valence-electron chi connectivity index (χ3n) is 3.33. The number of carboxylic acids is 1. The van der Waals surface area contributed by atoms with Crippen molar-refractivity contribution in [3.8, 4) is 0 Å². The number of amides is 1. The Balaban J connectivity index is 2.07. The van der Waals surface area contributed by atoms with Crippen LogP contribution in [0.15, 0.2) is 59.2 Å². The predicted octanol–water partition coefficient (Wildman–Crippen LogP) is 2.53. The van der Waals surface area contributed by atoms with Gasteiger partial charge in [-0.05, 0) is 35.9 Å². The van der Waals surface area contributed by atoms with Crippen LogP contribution in [0.5, 0.6) is 0 Å². The van der Waals surface area contributed by atoms with Crippen molar-refractivity contribution in [3.63, 3.8) is 0 Å². The quantitative estimate of drug-likeness (QED) is 0.790. The number of rotatable bonds is 3. The van der Waals surface area contributed by atoms with Crippen LogP contribution in [0.1, 0.15) is 5.56 Å². The number of hydrazone groups is 1. The van der Waals surface area contributed by atoms with Crippen LogP contribution in [0.3, 0.4) is 0 Å². The highest BCUT2D eigenvalue weighted by Gasteiger charge is 2.31. The number of carbonyl (C=O) groups is 2. The van der Waals surface area contributed by atoms with Crippen LogP contribution in [0.2, 0.25) is 10.0 Å². The summed E-state index contributed by atoms with van der Waals surface area (Å²) in [6, 6.07) is 13.2. The molecule has 2 aromatic rings. The molecule has 0 atom stereocenters. The van der Waals surface area contributed by atoms with Gasteiger partial charge in [0.15, 0.2) is 0 Å². The first-order valence-electron chi connectivity index (χ1n) is 6.84. The Bertz CT molecular complexity index is 892. The molecule has 0 radical (unpaired) electrons. The number of aliphatic carboxylic acids is 1. The third kappa shape index (κ3) is 3.04. The largest absolute Gasteiger partial charge is 0.543 e. The zero-order valence-corrected chi connectivity index (χ0v) is 13.6. The van der Waals surface area contributed by atoms with Gasteiger partial charge in [-0.25, -0.2) is 0 Å². The van der Waals surface area contributed by atoms with Gasteiger partial charge in [0.2, 0.25) is 0 Å². The molecule has 0 N–H and O–H groups in total. The monoisotopic (exact) mass is 359 g/mol. The summed E-state index contributed by atoms with van der Waals surface area (Å²) >= 11 is 11.9. The number of benzene rings is 2. The molecule has 1 amide bonds. The average Bonchev–Trinajstić information content (AvgIpc) is 2.88. The lowest BCUT2D eigenvalue weighted by molar-refractivity contribution is -0.294. The van der Waals surface area contributed by atoms with E-state index in [1.54, 1.807) is 42.5 Å². The smallest absolute Gasteiger partial charge is 0.281 e. The minimum Gasteiger partial charge on any atom is -0.543 e. The topological polar surface area (TPSA) is 72.8 Å². The fraction of sp³-hybridized carbons (Fsp3) is 0. The van der Waals surface area contributed by atoms with Crippen LogP contribution < -0.4 is 10.1 Å². The molecular weight excluding hydrogens is 351 g/mol. The van der Waals surface area contributed by atoms with Gasteiger partial charge in [0.1, 0.15) is 5.71 Å². The van der Waals surface area contributed by atoms with Crippen molar-refractivity contribution in [3.05, 3.63) is 69.7 Å². The van der Waals surface area contributed by atoms with E-state index in [4.69, 9.17) is 23.2 Å². The van der Waals surface area contributed by atoms with Crippen LogP contribution in [0.25, 0.3) is 6.08 Å². The molecule has 0 spiro atoms. The maximum atomic E-state index is 12.6. The lowest BCUT2D eigenvalue weighted by Crippen LogP contribution is -2.32. The van der Waals surface area contributed by atoms with Crippen LogP contribution >= 0.6 is 23.2 Å². The van der Waals surface area contributed by atoms with Crippen LogP contribution in [0, 0.1) is 0 Å². The molecule has 0 aromatic heterocycles. The summed E-state index contributed by atoms with van der Waals surface area (Å²) in [5.41, 5.74) is 0.345. The second kappa shape index (κ2) is 6.47. The summed E-state index contributed by atoms with van der Waals surface area (Å²) in [6.07, 6.45) is 1.36. The fourth-order valence-corrected chi connectivity index (χ4v) is 2.68. The molecule has 1 aliphatic heterocycles. The first kappa shape index (κ1) is 16.2. The van der Waals surface area contributed by atoms with Crippen molar-refractivity contribution in [2.24, 2.45) is 5.10 Å². The van der Waals surface area contributed by atoms with E-state index < -0.39 is 17.6 Å². The molecule has 0 saturated heterocycles. The summed E-state index contributed by atoms with van der Waals surface area (Å²) in [6.45, 7) is 0. The van der Waals surface area contributed by atoms with Crippen LogP contribution in [-0.4, -0.2) is 17.6 Å². The molecule has 1 aliphatic rings. The van der Waals surface area contributed by atoms with Crippen molar-refractivity contribution in [2.75, 3.05) is 5.01 Å². The Kier molecular flexibility index (Phi) is 4.38. The first-order chi connectivity index (χ1) is 11.5. The minimum atomic E-state index is -1.54. The molecule has 0 bridgehead atoms. The SMILES string of the molecule is O=C([O-])C1=NN(c2ccccc2)C(=O)/C1=C\c1ccc(Cl)cc1Cl. The molecular formula is C17H9Cl2N2O3-. The summed E-state index contributed by atoms with van der Waals surface area (Å²) < 4.78 is 0. The van der Waals surface area contributed by atoms with Crippen molar-refractivity contribution in [1.29, 1.82) is 0 Å². The molecule has 0 unspecified atom stereocenters. The van der Waals surface area contributed by atoms with Gasteiger partial charge in [0, 0.05) is 10.0 Å². The number of carboxylic acid groups (broad SMARTS) is 1. The maximum absolute atomic E-state index is 12.6. The standard InChI is InChI=1S/C17H10Cl2N2O3/c18-11-7-6-10(14(19)9-11)8-13-15(17(23)24)20-21(16(13)22)12-4-2-1-3-5-12/h1-9H,(H,23,24)/p-1/b13-8-. The number of hydrogen-bond donors (Lipinski definition) is 0. The second-order valence-electron chi connectivity index (χ2n) is 4.91. The fourth-order valence-electron chi connectivity index (χ4n) is 2.21. The summed E-state index contributed by atoms with van der Waals surface area (Å²) in [7, 11) is 0. The second-order valence-corrected chi connectivity index (χ2v) is 5.76. The lowest BCUT2D eigenvalue weighted by atomic mass is 10.1. The number of halogens is 2. The molecule has 5 nitrogen and oxygen atoms in total. The summed E-state index contributed by atoms with van der Waals surface area (Å²) in [4.78, 5) is 23.9. The Morgan fingerprint density at radius 3 is 2.46 bits per heavy atom. The van der Waals surface area contributed by atoms with Crippen LogP contribution in [0.4, 0.5) is 5.69 Å². The van der Waals surface area contributed by atoms with Crippen LogP contribution in [-0.2, 0) is 9.59 Å². The van der Waals surface area contributed by atoms with Crippen molar-refractivity contribution < 1.29 is 14.7 Å². The van der Waals surface area contributed by atoms with Gasteiger partial charge in [0.05, 0.1) is 17.2 Å². The van der Waals surface area contributed by atoms with Gasteiger partial charge >= 0.3 is 0 Å². The number of anilines is 1. The lowest BCUT2D eigenvalue weighted by Gasteiger charge is -2.11. The molecule has 0 saturated carbocycles. The zero-order chi connectivity index (χ0) is 17.3. The van der Waals surface area contributed by atoms with Crippen molar-refractivity contribution in [2.45, 2.75) is 0 Å². The van der Waals surface area contributed by atoms with E-state index >= 15 is 0 Å². The minimum absolute atomic E-state index is 0.108. The van der Waals surface area contributed by atoms with Gasteiger partial charge in [0.25, 0.3) is 5.91 Å². The Hall–Kier alpha value is -2.63. The first-order valence-corrected chi connectivity index (χ1v) is 7.59. The molecule has 0 aliphatic carbocycles. The van der Waals surface area contributed by atoms with E-state index in [1.807, 2.05) is 0 Å². The number of nitrogens with zero attached hydrogens (tertiary/aromatic N) is 2. The Morgan fingerprint density at radius 1 is 1.12 bits per heavy atom. The zero-order valence-electron chi connectivity index (χ0n) is 12.1. The van der Waals surface area contributed by atoms with Crippen molar-refractivity contribution >= 4 is 52.6 Å². The van der Waals surface area contributed by atoms with E-state index in [-0.39, 0.29) is 5.57 Å². The van der Waals surface area contributed by atoms with Gasteiger partial charge in [-0.3, -0.25) is 4.79 Å². The molecule has 7 heteroatoms. The number of carbonyl (C=O) groups excluding carboxylic acids is 2. The van der Waals surface area contributed by atoms with E-state index in [2.05, 4.69) is 5.10 Å². The van der Waals surface area contributed by atoms with Crippen molar-refractivity contribution in [1.82, 2.24) is 0 Å². The van der Waals surface area contributed by atoms with Gasteiger partial charge in [-0.15, -0.1) is 0 Å². The molecule has 120 valence electrons. The maximum Gasteiger partial charge on any atom is 0.281 e. The molecule has 0 fully saturated rings. The highest BCUT2D eigenvalue weighted by Crippen LogP contribution is 2.28. The number of para-hydroxylation sites is 1. The van der Waals surface area contributed by atoms with E-state index in [9.17, 15) is 14.7 Å². The summed E-state index contributed by atoms with van der Waals surface area (Å²) in [5.74, 6) is -2.12. The normalized spacial score (nSPS) is 15.8. The Morgan fingerprint density at radius 2 is 1.83 bits per heavy atom. The highest BCUT2D eigenvalue weighted by molar-refractivity contribution is 6.53. The summed E-state index contributed by atoms with van der Waals surface area (Å²) in [5, 5.41) is 16.9. The average molecular weight is 360 g/mol. The highest BCUT2D eigenvalue weighted by atomic mass is 35.5. The molecule has 1 heterocycles. The van der Waals surface area contributed by atoms with E-state index in [0.29, 0.717) is 21.3 Å². The van der Waals surface area contributed by atoms with Gasteiger partial charge in [-0.2, -0.15) is 10.1 Å². The van der Waals surface area contributed by atoms with Gasteiger partial charge < -0.3 is 9.90 Å².